The number of amidine groups is 1. The fraction of sp³-hybridized carbons (Fsp3) is 0.235. The maximum Gasteiger partial charge on any atom is 0.284 e. The van der Waals surface area contributed by atoms with E-state index in [2.05, 4.69) is 4.40 Å². The molecule has 0 spiro atoms. The van der Waals surface area contributed by atoms with Crippen molar-refractivity contribution in [2.45, 2.75) is 18.7 Å². The van der Waals surface area contributed by atoms with Crippen molar-refractivity contribution in [3.05, 3.63) is 64.2 Å². The Balaban J connectivity index is 2.58. The van der Waals surface area contributed by atoms with Gasteiger partial charge in [0, 0.05) is 24.7 Å². The second-order valence-corrected chi connectivity index (χ2v) is 7.57. The van der Waals surface area contributed by atoms with E-state index in [1.54, 1.807) is 62.3 Å². The molecule has 0 radical (unpaired) electrons. The second kappa shape index (κ2) is 6.72. The molecule has 0 aromatic heterocycles. The van der Waals surface area contributed by atoms with E-state index in [0.29, 0.717) is 22.0 Å². The summed E-state index contributed by atoms with van der Waals surface area (Å²) in [5.41, 5.74) is 2.24. The van der Waals surface area contributed by atoms with E-state index < -0.39 is 10.0 Å². The molecule has 0 heterocycles. The van der Waals surface area contributed by atoms with Crippen LogP contribution in [0.3, 0.4) is 0 Å². The summed E-state index contributed by atoms with van der Waals surface area (Å²) < 4.78 is 29.5. The Morgan fingerprint density at radius 2 is 1.65 bits per heavy atom. The molecule has 0 atom stereocenters. The van der Waals surface area contributed by atoms with Crippen molar-refractivity contribution in [1.29, 1.82) is 0 Å². The van der Waals surface area contributed by atoms with Crippen LogP contribution in [0.4, 0.5) is 0 Å². The van der Waals surface area contributed by atoms with Gasteiger partial charge in [-0.3, -0.25) is 0 Å². The van der Waals surface area contributed by atoms with Gasteiger partial charge in [0.2, 0.25) is 0 Å². The number of nitrogens with zero attached hydrogens (tertiary/aromatic N) is 2. The van der Waals surface area contributed by atoms with Gasteiger partial charge in [0.15, 0.2) is 0 Å². The van der Waals surface area contributed by atoms with Gasteiger partial charge in [0.25, 0.3) is 10.0 Å². The van der Waals surface area contributed by atoms with Crippen LogP contribution >= 0.6 is 11.6 Å². The summed E-state index contributed by atoms with van der Waals surface area (Å²) in [5, 5.41) is 0.587. The van der Waals surface area contributed by atoms with Gasteiger partial charge in [0.05, 0.1) is 4.90 Å². The SMILES string of the molecule is Cc1ccc(C)c(S(=O)(=O)/N=C(\c2ccc(Cl)cc2)N(C)C)c1. The average molecular weight is 351 g/mol. The minimum absolute atomic E-state index is 0.228. The third kappa shape index (κ3) is 4.12. The molecule has 4 nitrogen and oxygen atoms in total. The molecule has 0 aliphatic heterocycles. The minimum Gasteiger partial charge on any atom is -0.362 e. The number of hydrogen-bond donors (Lipinski definition) is 0. The highest BCUT2D eigenvalue weighted by Crippen LogP contribution is 2.21. The molecule has 122 valence electrons. The van der Waals surface area contributed by atoms with Gasteiger partial charge < -0.3 is 4.90 Å². The molecular weight excluding hydrogens is 332 g/mol. The van der Waals surface area contributed by atoms with Crippen molar-refractivity contribution in [2.75, 3.05) is 14.1 Å². The lowest BCUT2D eigenvalue weighted by atomic mass is 10.2. The number of rotatable bonds is 3. The van der Waals surface area contributed by atoms with Crippen molar-refractivity contribution in [3.63, 3.8) is 0 Å². The minimum atomic E-state index is -3.80. The zero-order valence-electron chi connectivity index (χ0n) is 13.5. The van der Waals surface area contributed by atoms with Crippen LogP contribution in [0, 0.1) is 13.8 Å². The Bertz CT molecular complexity index is 841. The molecule has 0 fully saturated rings. The highest BCUT2D eigenvalue weighted by atomic mass is 35.5. The molecule has 0 bridgehead atoms. The fourth-order valence-corrected chi connectivity index (χ4v) is 3.67. The molecule has 0 saturated heterocycles. The highest BCUT2D eigenvalue weighted by molar-refractivity contribution is 7.90. The summed E-state index contributed by atoms with van der Waals surface area (Å²) in [4.78, 5) is 1.90. The summed E-state index contributed by atoms with van der Waals surface area (Å²) in [6, 6.07) is 12.2. The molecule has 0 N–H and O–H groups in total. The zero-order chi connectivity index (χ0) is 17.2. The Morgan fingerprint density at radius 3 is 2.22 bits per heavy atom. The third-order valence-corrected chi connectivity index (χ3v) is 5.02. The maximum absolute atomic E-state index is 12.7. The largest absolute Gasteiger partial charge is 0.362 e. The summed E-state index contributed by atoms with van der Waals surface area (Å²) in [6.45, 7) is 3.62. The maximum atomic E-state index is 12.7. The molecule has 0 saturated carbocycles. The number of halogens is 1. The predicted molar refractivity (Wildman–Crippen MR) is 94.8 cm³/mol. The quantitative estimate of drug-likeness (QED) is 0.627. The molecule has 0 aliphatic carbocycles. The van der Waals surface area contributed by atoms with Crippen molar-refractivity contribution < 1.29 is 8.42 Å². The lowest BCUT2D eigenvalue weighted by molar-refractivity contribution is 0.591. The van der Waals surface area contributed by atoms with E-state index >= 15 is 0 Å². The average Bonchev–Trinajstić information content (AvgIpc) is 2.48. The smallest absolute Gasteiger partial charge is 0.284 e. The number of hydrogen-bond acceptors (Lipinski definition) is 2. The first-order valence-electron chi connectivity index (χ1n) is 7.06. The van der Waals surface area contributed by atoms with E-state index in [4.69, 9.17) is 11.6 Å². The third-order valence-electron chi connectivity index (χ3n) is 3.35. The van der Waals surface area contributed by atoms with Crippen LogP contribution in [0.15, 0.2) is 51.8 Å². The standard InChI is InChI=1S/C17H19ClN2O2S/c1-12-5-6-13(2)16(11-12)23(21,22)19-17(20(3)4)14-7-9-15(18)10-8-14/h5-11H,1-4H3/b19-17+. The molecule has 0 unspecified atom stereocenters. The number of benzene rings is 2. The van der Waals surface area contributed by atoms with E-state index in [1.807, 2.05) is 13.0 Å². The van der Waals surface area contributed by atoms with Gasteiger partial charge in [0.1, 0.15) is 5.84 Å². The summed E-state index contributed by atoms with van der Waals surface area (Å²) in [6.07, 6.45) is 0. The van der Waals surface area contributed by atoms with Gasteiger partial charge in [-0.05, 0) is 55.3 Å². The Kier molecular flexibility index (Phi) is 5.12. The van der Waals surface area contributed by atoms with E-state index in [1.165, 1.54) is 0 Å². The summed E-state index contributed by atoms with van der Waals surface area (Å²) >= 11 is 5.89. The van der Waals surface area contributed by atoms with Crippen molar-refractivity contribution in [2.24, 2.45) is 4.40 Å². The Labute approximate surface area is 142 Å². The van der Waals surface area contributed by atoms with Crippen LogP contribution in [0.2, 0.25) is 5.02 Å². The first-order chi connectivity index (χ1) is 10.7. The second-order valence-electron chi connectivity index (χ2n) is 5.56. The van der Waals surface area contributed by atoms with E-state index in [0.717, 1.165) is 5.56 Å². The predicted octanol–water partition coefficient (Wildman–Crippen LogP) is 3.65. The Hall–Kier alpha value is -1.85. The molecule has 2 aromatic carbocycles. The first kappa shape index (κ1) is 17.5. The number of aryl methyl sites for hydroxylation is 2. The zero-order valence-corrected chi connectivity index (χ0v) is 15.1. The van der Waals surface area contributed by atoms with Gasteiger partial charge in [-0.25, -0.2) is 0 Å². The lowest BCUT2D eigenvalue weighted by Crippen LogP contribution is -2.24. The van der Waals surface area contributed by atoms with Crippen LogP contribution in [0.1, 0.15) is 16.7 Å². The van der Waals surface area contributed by atoms with Crippen molar-refractivity contribution >= 4 is 27.5 Å². The molecule has 23 heavy (non-hydrogen) atoms. The molecule has 2 aromatic rings. The topological polar surface area (TPSA) is 49.7 Å². The van der Waals surface area contributed by atoms with Crippen molar-refractivity contribution in [1.82, 2.24) is 4.90 Å². The van der Waals surface area contributed by atoms with Crippen LogP contribution < -0.4 is 0 Å². The van der Waals surface area contributed by atoms with Crippen LogP contribution in [0.25, 0.3) is 0 Å². The molecular formula is C17H19ClN2O2S. The van der Waals surface area contributed by atoms with Crippen LogP contribution in [-0.2, 0) is 10.0 Å². The van der Waals surface area contributed by atoms with Gasteiger partial charge in [-0.15, -0.1) is 4.40 Å². The summed E-state index contributed by atoms with van der Waals surface area (Å²) in [7, 11) is -0.291. The summed E-state index contributed by atoms with van der Waals surface area (Å²) in [5.74, 6) is 0.363. The fourth-order valence-electron chi connectivity index (χ4n) is 2.14. The van der Waals surface area contributed by atoms with Gasteiger partial charge in [-0.1, -0.05) is 23.7 Å². The normalized spacial score (nSPS) is 12.3. The van der Waals surface area contributed by atoms with E-state index in [9.17, 15) is 8.42 Å². The lowest BCUT2D eigenvalue weighted by Gasteiger charge is -2.16. The molecule has 0 aliphatic rings. The van der Waals surface area contributed by atoms with E-state index in [-0.39, 0.29) is 4.90 Å². The van der Waals surface area contributed by atoms with Crippen molar-refractivity contribution in [3.8, 4) is 0 Å². The van der Waals surface area contributed by atoms with Gasteiger partial charge >= 0.3 is 0 Å². The van der Waals surface area contributed by atoms with Crippen LogP contribution in [-0.4, -0.2) is 33.2 Å². The molecule has 0 amide bonds. The number of sulfonamides is 1. The van der Waals surface area contributed by atoms with Crippen LogP contribution in [0.5, 0.6) is 0 Å². The Morgan fingerprint density at radius 1 is 1.04 bits per heavy atom. The van der Waals surface area contributed by atoms with Gasteiger partial charge in [-0.2, -0.15) is 8.42 Å². The first-order valence-corrected chi connectivity index (χ1v) is 8.88. The molecule has 2 rings (SSSR count). The molecule has 6 heteroatoms. The monoisotopic (exact) mass is 350 g/mol. The highest BCUT2D eigenvalue weighted by Gasteiger charge is 2.19.